The molecule has 0 spiro atoms. The summed E-state index contributed by atoms with van der Waals surface area (Å²) in [5, 5.41) is 3.41. The number of amides is 1. The number of rotatable bonds is 6. The van der Waals surface area contributed by atoms with Crippen molar-refractivity contribution in [1.82, 2.24) is 15.1 Å². The molecule has 25 heavy (non-hydrogen) atoms. The lowest BCUT2D eigenvalue weighted by molar-refractivity contribution is -0.139. The predicted octanol–water partition coefficient (Wildman–Crippen LogP) is 2.08. The van der Waals surface area contributed by atoms with E-state index in [4.69, 9.17) is 4.74 Å². The third kappa shape index (κ3) is 4.73. The van der Waals surface area contributed by atoms with E-state index in [9.17, 15) is 4.79 Å². The highest BCUT2D eigenvalue weighted by Crippen LogP contribution is 2.26. The largest absolute Gasteiger partial charge is 0.494 e. The lowest BCUT2D eigenvalue weighted by Gasteiger charge is -2.37. The Balaban J connectivity index is 1.39. The molecule has 0 aliphatic carbocycles. The summed E-state index contributed by atoms with van der Waals surface area (Å²) in [5.74, 6) is 1.85. The molecule has 3 rings (SSSR count). The molecule has 1 amide bonds. The maximum atomic E-state index is 12.0. The van der Waals surface area contributed by atoms with Crippen LogP contribution in [-0.4, -0.2) is 68.1 Å². The summed E-state index contributed by atoms with van der Waals surface area (Å²) in [6.45, 7) is 7.62. The minimum absolute atomic E-state index is 0.0111. The van der Waals surface area contributed by atoms with E-state index in [0.29, 0.717) is 12.5 Å². The van der Waals surface area contributed by atoms with Crippen LogP contribution in [0.25, 0.3) is 0 Å². The Kier molecular flexibility index (Phi) is 6.32. The second-order valence-corrected chi connectivity index (χ2v) is 7.27. The van der Waals surface area contributed by atoms with E-state index in [0.717, 1.165) is 44.9 Å². The normalized spacial score (nSPS) is 23.0. The first-order valence-corrected chi connectivity index (χ1v) is 9.57. The Bertz CT molecular complexity index is 555. The smallest absolute Gasteiger partial charge is 0.239 e. The molecule has 2 saturated heterocycles. The highest BCUT2D eigenvalue weighted by molar-refractivity contribution is 5.81. The summed E-state index contributed by atoms with van der Waals surface area (Å²) < 4.78 is 5.89. The molecule has 0 radical (unpaired) electrons. The molecule has 0 bridgehead atoms. The Labute approximate surface area is 151 Å². The van der Waals surface area contributed by atoms with Gasteiger partial charge in [0.05, 0.1) is 12.6 Å². The molecule has 0 aromatic heterocycles. The van der Waals surface area contributed by atoms with Gasteiger partial charge in [0.2, 0.25) is 5.91 Å². The maximum absolute atomic E-state index is 12.0. The average molecular weight is 345 g/mol. The Morgan fingerprint density at radius 1 is 1.16 bits per heavy atom. The molecular formula is C20H31N3O2. The Hall–Kier alpha value is -1.59. The molecule has 5 nitrogen and oxygen atoms in total. The van der Waals surface area contributed by atoms with Crippen molar-refractivity contribution in [2.75, 3.05) is 46.4 Å². The van der Waals surface area contributed by atoms with Gasteiger partial charge in [0.15, 0.2) is 0 Å². The first kappa shape index (κ1) is 18.2. The van der Waals surface area contributed by atoms with Gasteiger partial charge in [-0.25, -0.2) is 0 Å². The third-order valence-electron chi connectivity index (χ3n) is 5.55. The summed E-state index contributed by atoms with van der Waals surface area (Å²) >= 11 is 0. The molecule has 2 aliphatic rings. The molecule has 2 heterocycles. The fraction of sp³-hybridized carbons (Fsp3) is 0.650. The van der Waals surface area contributed by atoms with E-state index < -0.39 is 0 Å². The monoisotopic (exact) mass is 345 g/mol. The number of carbonyl (C=O) groups excluding carboxylic acids is 1. The molecular weight excluding hydrogens is 314 g/mol. The summed E-state index contributed by atoms with van der Waals surface area (Å²) in [7, 11) is 1.88. The SMILES string of the molecule is C[C@@H]1C(=O)N(C)CCN1CCCOc1ccc(C2CCNCC2)cc1. The van der Waals surface area contributed by atoms with Gasteiger partial charge in [0.25, 0.3) is 0 Å². The maximum Gasteiger partial charge on any atom is 0.239 e. The van der Waals surface area contributed by atoms with Gasteiger partial charge in [-0.1, -0.05) is 12.1 Å². The zero-order chi connectivity index (χ0) is 17.6. The van der Waals surface area contributed by atoms with Crippen LogP contribution in [0.1, 0.15) is 37.7 Å². The fourth-order valence-corrected chi connectivity index (χ4v) is 3.81. The van der Waals surface area contributed by atoms with Crippen LogP contribution in [0.3, 0.4) is 0 Å². The lowest BCUT2D eigenvalue weighted by atomic mass is 9.90. The van der Waals surface area contributed by atoms with Crippen molar-refractivity contribution < 1.29 is 9.53 Å². The number of nitrogens with zero attached hydrogens (tertiary/aromatic N) is 2. The molecule has 2 fully saturated rings. The van der Waals surface area contributed by atoms with Crippen molar-refractivity contribution in [3.8, 4) is 5.75 Å². The quantitative estimate of drug-likeness (QED) is 0.802. The highest BCUT2D eigenvalue weighted by Gasteiger charge is 2.28. The van der Waals surface area contributed by atoms with Crippen LogP contribution in [0.5, 0.6) is 5.75 Å². The van der Waals surface area contributed by atoms with Crippen LogP contribution in [0, 0.1) is 0 Å². The molecule has 138 valence electrons. The van der Waals surface area contributed by atoms with Crippen LogP contribution >= 0.6 is 0 Å². The number of hydrogen-bond donors (Lipinski definition) is 1. The number of nitrogens with one attached hydrogen (secondary N) is 1. The topological polar surface area (TPSA) is 44.8 Å². The molecule has 1 N–H and O–H groups in total. The number of ether oxygens (including phenoxy) is 1. The van der Waals surface area contributed by atoms with Gasteiger partial charge in [0, 0.05) is 26.7 Å². The summed E-state index contributed by atoms with van der Waals surface area (Å²) in [5.41, 5.74) is 1.43. The molecule has 1 aromatic rings. The summed E-state index contributed by atoms with van der Waals surface area (Å²) in [4.78, 5) is 16.1. The van der Waals surface area contributed by atoms with Crippen molar-refractivity contribution in [3.63, 3.8) is 0 Å². The van der Waals surface area contributed by atoms with E-state index in [1.807, 2.05) is 18.9 Å². The second kappa shape index (κ2) is 8.68. The number of benzene rings is 1. The van der Waals surface area contributed by atoms with Gasteiger partial charge in [-0.2, -0.15) is 0 Å². The van der Waals surface area contributed by atoms with Crippen LogP contribution in [-0.2, 0) is 4.79 Å². The predicted molar refractivity (Wildman–Crippen MR) is 100 cm³/mol. The van der Waals surface area contributed by atoms with E-state index in [2.05, 4.69) is 34.5 Å². The van der Waals surface area contributed by atoms with E-state index in [-0.39, 0.29) is 11.9 Å². The van der Waals surface area contributed by atoms with Crippen molar-refractivity contribution >= 4 is 5.91 Å². The Morgan fingerprint density at radius 3 is 2.60 bits per heavy atom. The van der Waals surface area contributed by atoms with Gasteiger partial charge in [0.1, 0.15) is 5.75 Å². The van der Waals surface area contributed by atoms with Crippen molar-refractivity contribution in [2.45, 2.75) is 38.1 Å². The van der Waals surface area contributed by atoms with Gasteiger partial charge < -0.3 is 15.0 Å². The first-order valence-electron chi connectivity index (χ1n) is 9.57. The van der Waals surface area contributed by atoms with Crippen LogP contribution in [0.2, 0.25) is 0 Å². The van der Waals surface area contributed by atoms with Gasteiger partial charge in [-0.15, -0.1) is 0 Å². The van der Waals surface area contributed by atoms with Gasteiger partial charge >= 0.3 is 0 Å². The van der Waals surface area contributed by atoms with E-state index in [1.54, 1.807) is 0 Å². The third-order valence-corrected chi connectivity index (χ3v) is 5.55. The van der Waals surface area contributed by atoms with Crippen LogP contribution in [0.15, 0.2) is 24.3 Å². The molecule has 1 atom stereocenters. The summed E-state index contributed by atoms with van der Waals surface area (Å²) in [6.07, 6.45) is 3.39. The highest BCUT2D eigenvalue weighted by atomic mass is 16.5. The Morgan fingerprint density at radius 2 is 1.88 bits per heavy atom. The number of piperazine rings is 1. The van der Waals surface area contributed by atoms with E-state index >= 15 is 0 Å². The number of likely N-dealkylation sites (N-methyl/N-ethyl adjacent to an activating group) is 1. The van der Waals surface area contributed by atoms with Crippen molar-refractivity contribution in [1.29, 1.82) is 0 Å². The standard InChI is InChI=1S/C20H31N3O2/c1-16-20(24)22(2)13-14-23(16)12-3-15-25-19-6-4-17(5-7-19)18-8-10-21-11-9-18/h4-7,16,18,21H,3,8-15H2,1-2H3/t16-/m1/s1. The number of hydrogen-bond acceptors (Lipinski definition) is 4. The molecule has 1 aromatic carbocycles. The van der Waals surface area contributed by atoms with Crippen molar-refractivity contribution in [3.05, 3.63) is 29.8 Å². The van der Waals surface area contributed by atoms with Gasteiger partial charge in [-0.05, 0) is 62.9 Å². The zero-order valence-corrected chi connectivity index (χ0v) is 15.5. The molecule has 5 heteroatoms. The lowest BCUT2D eigenvalue weighted by Crippen LogP contribution is -2.54. The number of carbonyl (C=O) groups is 1. The second-order valence-electron chi connectivity index (χ2n) is 7.27. The zero-order valence-electron chi connectivity index (χ0n) is 15.5. The minimum Gasteiger partial charge on any atom is -0.494 e. The molecule has 0 saturated carbocycles. The van der Waals surface area contributed by atoms with Crippen LogP contribution < -0.4 is 10.1 Å². The number of piperidine rings is 1. The van der Waals surface area contributed by atoms with Crippen molar-refractivity contribution in [2.24, 2.45) is 0 Å². The molecule has 0 unspecified atom stereocenters. The summed E-state index contributed by atoms with van der Waals surface area (Å²) in [6, 6.07) is 8.61. The van der Waals surface area contributed by atoms with Gasteiger partial charge in [-0.3, -0.25) is 9.69 Å². The first-order chi connectivity index (χ1) is 12.1. The minimum atomic E-state index is -0.0111. The average Bonchev–Trinajstić information content (AvgIpc) is 2.66. The molecule has 2 aliphatic heterocycles. The fourth-order valence-electron chi connectivity index (χ4n) is 3.81. The van der Waals surface area contributed by atoms with Crippen LogP contribution in [0.4, 0.5) is 0 Å². The van der Waals surface area contributed by atoms with E-state index in [1.165, 1.54) is 18.4 Å².